The van der Waals surface area contributed by atoms with Crippen LogP contribution in [-0.4, -0.2) is 43.4 Å². The van der Waals surface area contributed by atoms with Crippen molar-refractivity contribution < 1.29 is 19.1 Å². The van der Waals surface area contributed by atoms with Gasteiger partial charge in [0.25, 0.3) is 0 Å². The zero-order valence-corrected chi connectivity index (χ0v) is 13.7. The van der Waals surface area contributed by atoms with Crippen LogP contribution < -0.4 is 5.32 Å². The van der Waals surface area contributed by atoms with Gasteiger partial charge >= 0.3 is 5.97 Å². The van der Waals surface area contributed by atoms with Crippen molar-refractivity contribution >= 4 is 23.5 Å². The van der Waals surface area contributed by atoms with E-state index >= 15 is 0 Å². The van der Waals surface area contributed by atoms with Gasteiger partial charge in [-0.15, -0.1) is 0 Å². The summed E-state index contributed by atoms with van der Waals surface area (Å²) in [5, 5.41) is 2.66. The number of carbonyl (C=O) groups excluding carboxylic acids is 3. The summed E-state index contributed by atoms with van der Waals surface area (Å²) in [6.45, 7) is 1.96. The molecule has 0 aliphatic heterocycles. The number of carbonyl (C=O) groups is 3. The van der Waals surface area contributed by atoms with Crippen LogP contribution in [-0.2, 0) is 25.5 Å². The number of esters is 1. The van der Waals surface area contributed by atoms with E-state index < -0.39 is 11.9 Å². The Labute approximate surface area is 136 Å². The zero-order valence-electron chi connectivity index (χ0n) is 13.7. The molecule has 2 amide bonds. The van der Waals surface area contributed by atoms with Crippen LogP contribution in [0.4, 0.5) is 5.69 Å². The molecule has 124 valence electrons. The van der Waals surface area contributed by atoms with Crippen LogP contribution in [0.25, 0.3) is 0 Å². The van der Waals surface area contributed by atoms with Crippen LogP contribution in [0.5, 0.6) is 0 Å². The van der Waals surface area contributed by atoms with Crippen molar-refractivity contribution in [3.63, 3.8) is 0 Å². The molecule has 0 bridgehead atoms. The van der Waals surface area contributed by atoms with E-state index in [1.165, 1.54) is 0 Å². The molecule has 1 rings (SSSR count). The minimum absolute atomic E-state index is 0.0526. The Kier molecular flexibility index (Phi) is 7.53. The first-order valence-electron chi connectivity index (χ1n) is 7.37. The van der Waals surface area contributed by atoms with Crippen LogP contribution in [0, 0.1) is 0 Å². The van der Waals surface area contributed by atoms with Crippen molar-refractivity contribution in [2.24, 2.45) is 0 Å². The van der Waals surface area contributed by atoms with E-state index in [1.807, 2.05) is 6.07 Å². The van der Waals surface area contributed by atoms with E-state index in [0.717, 1.165) is 17.7 Å². The predicted octanol–water partition coefficient (Wildman–Crippen LogP) is 1.77. The Hall–Kier alpha value is -2.63. The van der Waals surface area contributed by atoms with Crippen molar-refractivity contribution in [2.45, 2.75) is 19.8 Å². The van der Waals surface area contributed by atoms with E-state index in [2.05, 4.69) is 5.32 Å². The highest BCUT2D eigenvalue weighted by Gasteiger charge is 2.05. The third-order valence-electron chi connectivity index (χ3n) is 2.98. The summed E-state index contributed by atoms with van der Waals surface area (Å²) in [4.78, 5) is 36.0. The number of anilines is 1. The fourth-order valence-corrected chi connectivity index (χ4v) is 1.80. The SMILES string of the molecule is CCOC(=O)/C=C/C(=O)Nc1cccc(CCC(=O)N(C)C)c1. The Bertz CT molecular complexity index is 594. The highest BCUT2D eigenvalue weighted by molar-refractivity contribution is 6.02. The first-order valence-corrected chi connectivity index (χ1v) is 7.37. The molecule has 0 unspecified atom stereocenters. The summed E-state index contributed by atoms with van der Waals surface area (Å²) in [5.41, 5.74) is 1.56. The van der Waals surface area contributed by atoms with Gasteiger partial charge < -0.3 is 15.0 Å². The fraction of sp³-hybridized carbons (Fsp3) is 0.353. The van der Waals surface area contributed by atoms with Crippen molar-refractivity contribution in [1.29, 1.82) is 0 Å². The van der Waals surface area contributed by atoms with Gasteiger partial charge in [0.2, 0.25) is 11.8 Å². The summed E-state index contributed by atoms with van der Waals surface area (Å²) in [5.74, 6) is -0.921. The molecule has 6 nitrogen and oxygen atoms in total. The maximum Gasteiger partial charge on any atom is 0.330 e. The number of nitrogens with zero attached hydrogens (tertiary/aromatic N) is 1. The highest BCUT2D eigenvalue weighted by atomic mass is 16.5. The Morgan fingerprint density at radius 1 is 1.22 bits per heavy atom. The number of benzene rings is 1. The number of nitrogens with one attached hydrogen (secondary N) is 1. The summed E-state index contributed by atoms with van der Waals surface area (Å²) in [6.07, 6.45) is 3.21. The van der Waals surface area contributed by atoms with E-state index in [1.54, 1.807) is 44.1 Å². The normalized spacial score (nSPS) is 10.4. The molecule has 0 heterocycles. The van der Waals surface area contributed by atoms with Gasteiger partial charge in [0.05, 0.1) is 6.61 Å². The van der Waals surface area contributed by atoms with Gasteiger partial charge in [0.1, 0.15) is 0 Å². The van der Waals surface area contributed by atoms with Gasteiger partial charge in [-0.1, -0.05) is 12.1 Å². The molecule has 0 saturated carbocycles. The van der Waals surface area contributed by atoms with Crippen LogP contribution in [0.3, 0.4) is 0 Å². The molecule has 1 aromatic carbocycles. The molecular weight excluding hydrogens is 296 g/mol. The lowest BCUT2D eigenvalue weighted by molar-refractivity contribution is -0.137. The summed E-state index contributed by atoms with van der Waals surface area (Å²) in [6, 6.07) is 7.25. The number of amides is 2. The average Bonchev–Trinajstić information content (AvgIpc) is 2.51. The van der Waals surface area contributed by atoms with Crippen LogP contribution in [0.15, 0.2) is 36.4 Å². The van der Waals surface area contributed by atoms with Crippen molar-refractivity contribution in [2.75, 3.05) is 26.0 Å². The molecule has 23 heavy (non-hydrogen) atoms. The van der Waals surface area contributed by atoms with Gasteiger partial charge in [-0.05, 0) is 31.0 Å². The molecule has 6 heteroatoms. The molecule has 0 atom stereocenters. The number of hydrogen-bond acceptors (Lipinski definition) is 4. The molecule has 0 saturated heterocycles. The summed E-state index contributed by atoms with van der Waals surface area (Å²) < 4.78 is 4.69. The molecule has 1 aromatic rings. The number of rotatable bonds is 7. The van der Waals surface area contributed by atoms with Gasteiger partial charge in [-0.25, -0.2) is 4.79 Å². The Morgan fingerprint density at radius 2 is 1.96 bits per heavy atom. The van der Waals surface area contributed by atoms with Crippen LogP contribution >= 0.6 is 0 Å². The lowest BCUT2D eigenvalue weighted by Gasteiger charge is -2.10. The maximum absolute atomic E-state index is 11.7. The van der Waals surface area contributed by atoms with Gasteiger partial charge in [-0.3, -0.25) is 9.59 Å². The zero-order chi connectivity index (χ0) is 17.2. The highest BCUT2D eigenvalue weighted by Crippen LogP contribution is 2.12. The van der Waals surface area contributed by atoms with Gasteiger partial charge in [0, 0.05) is 38.4 Å². The standard InChI is InChI=1S/C17H22N2O4/c1-4-23-17(22)11-9-15(20)18-14-7-5-6-13(12-14)8-10-16(21)19(2)3/h5-7,9,11-12H,4,8,10H2,1-3H3,(H,18,20)/b11-9+. The number of hydrogen-bond donors (Lipinski definition) is 1. The van der Waals surface area contributed by atoms with Crippen molar-refractivity contribution in [3.05, 3.63) is 42.0 Å². The maximum atomic E-state index is 11.7. The number of ether oxygens (including phenoxy) is 1. The summed E-state index contributed by atoms with van der Waals surface area (Å²) in [7, 11) is 3.43. The third-order valence-corrected chi connectivity index (χ3v) is 2.98. The molecule has 0 aliphatic carbocycles. The summed E-state index contributed by atoms with van der Waals surface area (Å²) >= 11 is 0. The first-order chi connectivity index (χ1) is 10.9. The average molecular weight is 318 g/mol. The number of aryl methyl sites for hydroxylation is 1. The quantitative estimate of drug-likeness (QED) is 0.614. The van der Waals surface area contributed by atoms with E-state index in [-0.39, 0.29) is 12.5 Å². The minimum atomic E-state index is -0.557. The lowest BCUT2D eigenvalue weighted by atomic mass is 10.1. The lowest BCUT2D eigenvalue weighted by Crippen LogP contribution is -2.21. The molecule has 0 aliphatic rings. The van der Waals surface area contributed by atoms with Crippen LogP contribution in [0.1, 0.15) is 18.9 Å². The molecule has 0 aromatic heterocycles. The largest absolute Gasteiger partial charge is 0.463 e. The Balaban J connectivity index is 2.58. The molecule has 0 radical (unpaired) electrons. The van der Waals surface area contributed by atoms with Crippen LogP contribution in [0.2, 0.25) is 0 Å². The topological polar surface area (TPSA) is 75.7 Å². The first kappa shape index (κ1) is 18.4. The smallest absolute Gasteiger partial charge is 0.330 e. The molecular formula is C17H22N2O4. The minimum Gasteiger partial charge on any atom is -0.463 e. The van der Waals surface area contributed by atoms with Crippen molar-refractivity contribution in [1.82, 2.24) is 4.90 Å². The Morgan fingerprint density at radius 3 is 2.61 bits per heavy atom. The monoisotopic (exact) mass is 318 g/mol. The van der Waals surface area contributed by atoms with Gasteiger partial charge in [0.15, 0.2) is 0 Å². The molecule has 1 N–H and O–H groups in total. The fourth-order valence-electron chi connectivity index (χ4n) is 1.80. The van der Waals surface area contributed by atoms with E-state index in [9.17, 15) is 14.4 Å². The predicted molar refractivity (Wildman–Crippen MR) is 87.9 cm³/mol. The molecule has 0 fully saturated rings. The van der Waals surface area contributed by atoms with Gasteiger partial charge in [-0.2, -0.15) is 0 Å². The molecule has 0 spiro atoms. The second kappa shape index (κ2) is 9.40. The van der Waals surface area contributed by atoms with Crippen molar-refractivity contribution in [3.8, 4) is 0 Å². The van der Waals surface area contributed by atoms with E-state index in [4.69, 9.17) is 4.74 Å². The second-order valence-corrected chi connectivity index (χ2v) is 5.06. The van der Waals surface area contributed by atoms with E-state index in [0.29, 0.717) is 18.5 Å². The second-order valence-electron chi connectivity index (χ2n) is 5.06. The third kappa shape index (κ3) is 7.26.